The molecule has 0 bridgehead atoms. The molecule has 0 saturated heterocycles. The van der Waals surface area contributed by atoms with Crippen molar-refractivity contribution in [3.8, 4) is 11.4 Å². The first kappa shape index (κ1) is 28.0. The Labute approximate surface area is 233 Å². The Hall–Kier alpha value is -3.57. The van der Waals surface area contributed by atoms with Crippen LogP contribution in [0.3, 0.4) is 0 Å². The van der Waals surface area contributed by atoms with Crippen LogP contribution in [0.15, 0.2) is 36.9 Å². The van der Waals surface area contributed by atoms with Crippen LogP contribution in [-0.4, -0.2) is 69.5 Å². The number of nitrogens with zero attached hydrogens (tertiary/aromatic N) is 4. The van der Waals surface area contributed by atoms with E-state index in [0.29, 0.717) is 48.8 Å². The van der Waals surface area contributed by atoms with Crippen LogP contribution in [0, 0.1) is 5.82 Å². The Morgan fingerprint density at radius 2 is 2.05 bits per heavy atom. The molecule has 5 rings (SSSR count). The number of H-pyrrole nitrogens is 1. The lowest BCUT2D eigenvalue weighted by atomic mass is 9.91. The molecule has 11 heteroatoms. The minimum atomic E-state index is -0.402. The lowest BCUT2D eigenvalue weighted by molar-refractivity contribution is 0.0513. The average molecular weight is 552 g/mol. The molecular formula is C29H38FN7O3. The first-order valence-electron chi connectivity index (χ1n) is 14.3. The summed E-state index contributed by atoms with van der Waals surface area (Å²) >= 11 is 0. The van der Waals surface area contributed by atoms with Gasteiger partial charge >= 0.3 is 6.03 Å². The summed E-state index contributed by atoms with van der Waals surface area (Å²) in [6, 6.07) is 3.66. The number of fused-ring (bicyclic) bond motifs is 2. The molecular weight excluding hydrogens is 513 g/mol. The van der Waals surface area contributed by atoms with Gasteiger partial charge in [-0.15, -0.1) is 0 Å². The third kappa shape index (κ3) is 6.95. The van der Waals surface area contributed by atoms with E-state index in [1.807, 2.05) is 19.2 Å². The number of carbonyl (C=O) groups excluding carboxylic acids is 1. The van der Waals surface area contributed by atoms with Gasteiger partial charge in [0.1, 0.15) is 17.1 Å². The highest BCUT2D eigenvalue weighted by Crippen LogP contribution is 2.33. The van der Waals surface area contributed by atoms with Gasteiger partial charge in [-0.25, -0.2) is 24.1 Å². The second-order valence-electron chi connectivity index (χ2n) is 10.2. The second-order valence-corrected chi connectivity index (χ2v) is 10.2. The zero-order chi connectivity index (χ0) is 27.7. The number of carbonyl (C=O) groups is 1. The lowest BCUT2D eigenvalue weighted by Gasteiger charge is -2.31. The van der Waals surface area contributed by atoms with Crippen LogP contribution in [0.1, 0.15) is 57.9 Å². The number of aromatic amines is 1. The van der Waals surface area contributed by atoms with Gasteiger partial charge in [0.05, 0.1) is 19.4 Å². The number of aromatic nitrogens is 5. The molecule has 2 atom stereocenters. The van der Waals surface area contributed by atoms with E-state index in [4.69, 9.17) is 14.5 Å². The molecule has 1 aliphatic carbocycles. The van der Waals surface area contributed by atoms with Crippen molar-refractivity contribution in [3.63, 3.8) is 0 Å². The summed E-state index contributed by atoms with van der Waals surface area (Å²) < 4.78 is 26.8. The van der Waals surface area contributed by atoms with Crippen molar-refractivity contribution in [1.82, 2.24) is 35.1 Å². The number of rotatable bonds is 13. The Kier molecular flexibility index (Phi) is 9.56. The van der Waals surface area contributed by atoms with Crippen molar-refractivity contribution >= 4 is 28.1 Å². The number of pyridine rings is 1. The number of amides is 2. The number of halogens is 1. The largest absolute Gasteiger partial charge is 0.379 e. The number of hydrogen-bond acceptors (Lipinski definition) is 6. The van der Waals surface area contributed by atoms with Crippen molar-refractivity contribution < 1.29 is 18.7 Å². The molecule has 1 unspecified atom stereocenters. The van der Waals surface area contributed by atoms with Crippen LogP contribution in [0.2, 0.25) is 0 Å². The average Bonchev–Trinajstić information content (AvgIpc) is 3.58. The Morgan fingerprint density at radius 1 is 1.15 bits per heavy atom. The van der Waals surface area contributed by atoms with E-state index < -0.39 is 5.82 Å². The molecule has 40 heavy (non-hydrogen) atoms. The highest BCUT2D eigenvalue weighted by molar-refractivity contribution is 5.92. The van der Waals surface area contributed by atoms with E-state index in [1.54, 1.807) is 12.4 Å². The maximum Gasteiger partial charge on any atom is 0.315 e. The molecule has 1 fully saturated rings. The standard InChI is InChI=1S/C29H38FN7O3/c1-2-39-13-14-40-12-5-3-4-10-31-29(38)35-22-7-6-8-23(16-22)37-11-9-20-17-32-27(36-28(20)37)25-19-34-26-24(25)15-21(30)18-33-26/h9,11,15,17-19,22-23H,2-8,10,12-14,16H2,1H3,(H,33,34)(H2,31,35,38)/t22-,23?/m1/s1. The molecule has 0 aromatic carbocycles. The zero-order valence-electron chi connectivity index (χ0n) is 23.0. The van der Waals surface area contributed by atoms with E-state index >= 15 is 0 Å². The third-order valence-corrected chi connectivity index (χ3v) is 7.40. The highest BCUT2D eigenvalue weighted by atomic mass is 19.1. The minimum Gasteiger partial charge on any atom is -0.379 e. The molecule has 3 N–H and O–H groups in total. The summed E-state index contributed by atoms with van der Waals surface area (Å²) in [6.45, 7) is 5.33. The fourth-order valence-electron chi connectivity index (χ4n) is 5.38. The Morgan fingerprint density at radius 3 is 2.95 bits per heavy atom. The van der Waals surface area contributed by atoms with Crippen molar-refractivity contribution in [3.05, 3.63) is 42.7 Å². The van der Waals surface area contributed by atoms with Crippen molar-refractivity contribution in [2.45, 2.75) is 64.0 Å². The van der Waals surface area contributed by atoms with Gasteiger partial charge < -0.3 is 29.7 Å². The van der Waals surface area contributed by atoms with Gasteiger partial charge in [0.2, 0.25) is 0 Å². The molecule has 2 amide bonds. The molecule has 1 aliphatic rings. The number of unbranched alkanes of at least 4 members (excludes halogenated alkanes) is 2. The summed E-state index contributed by atoms with van der Waals surface area (Å²) in [5, 5.41) is 7.76. The smallest absolute Gasteiger partial charge is 0.315 e. The fourth-order valence-corrected chi connectivity index (χ4v) is 5.38. The maximum absolute atomic E-state index is 13.9. The number of hydrogen-bond donors (Lipinski definition) is 3. The molecule has 0 radical (unpaired) electrons. The summed E-state index contributed by atoms with van der Waals surface area (Å²) in [4.78, 5) is 29.1. The number of urea groups is 1. The molecule has 0 spiro atoms. The highest BCUT2D eigenvalue weighted by Gasteiger charge is 2.26. The van der Waals surface area contributed by atoms with E-state index in [1.165, 1.54) is 12.3 Å². The topological polar surface area (TPSA) is 119 Å². The van der Waals surface area contributed by atoms with Gasteiger partial charge in [-0.2, -0.15) is 0 Å². The first-order valence-corrected chi connectivity index (χ1v) is 14.3. The summed E-state index contributed by atoms with van der Waals surface area (Å²) in [6.07, 6.45) is 13.5. The van der Waals surface area contributed by atoms with Crippen LogP contribution in [-0.2, 0) is 9.47 Å². The summed E-state index contributed by atoms with van der Waals surface area (Å²) in [7, 11) is 0. The van der Waals surface area contributed by atoms with Gasteiger partial charge in [-0.05, 0) is 64.0 Å². The van der Waals surface area contributed by atoms with Gasteiger partial charge in [0.15, 0.2) is 5.82 Å². The van der Waals surface area contributed by atoms with E-state index in [-0.39, 0.29) is 18.1 Å². The van der Waals surface area contributed by atoms with Crippen LogP contribution in [0.25, 0.3) is 33.5 Å². The summed E-state index contributed by atoms with van der Waals surface area (Å²) in [5.74, 6) is 0.120. The van der Waals surface area contributed by atoms with Crippen LogP contribution in [0.4, 0.5) is 9.18 Å². The van der Waals surface area contributed by atoms with Crippen LogP contribution in [0.5, 0.6) is 0 Å². The quantitative estimate of drug-likeness (QED) is 0.199. The second kappa shape index (κ2) is 13.7. The molecule has 4 aromatic heterocycles. The monoisotopic (exact) mass is 551 g/mol. The van der Waals surface area contributed by atoms with Gasteiger partial charge in [-0.3, -0.25) is 0 Å². The Bertz CT molecular complexity index is 1410. The van der Waals surface area contributed by atoms with Gasteiger partial charge in [0, 0.05) is 66.8 Å². The van der Waals surface area contributed by atoms with Crippen molar-refractivity contribution in [2.75, 3.05) is 33.0 Å². The predicted molar refractivity (Wildman–Crippen MR) is 152 cm³/mol. The molecule has 214 valence electrons. The molecule has 10 nitrogen and oxygen atoms in total. The maximum atomic E-state index is 13.9. The van der Waals surface area contributed by atoms with Crippen molar-refractivity contribution in [1.29, 1.82) is 0 Å². The lowest BCUT2D eigenvalue weighted by Crippen LogP contribution is -2.44. The van der Waals surface area contributed by atoms with Crippen molar-refractivity contribution in [2.24, 2.45) is 0 Å². The van der Waals surface area contributed by atoms with E-state index in [9.17, 15) is 9.18 Å². The minimum absolute atomic E-state index is 0.0962. The number of ether oxygens (including phenoxy) is 2. The van der Waals surface area contributed by atoms with Gasteiger partial charge in [-0.1, -0.05) is 0 Å². The third-order valence-electron chi connectivity index (χ3n) is 7.40. The Balaban J connectivity index is 1.13. The fraction of sp³-hybridized carbons (Fsp3) is 0.517. The normalized spacial score (nSPS) is 17.4. The predicted octanol–water partition coefficient (Wildman–Crippen LogP) is 5.12. The number of nitrogens with one attached hydrogen (secondary N) is 3. The first-order chi connectivity index (χ1) is 19.6. The van der Waals surface area contributed by atoms with E-state index in [0.717, 1.165) is 62.6 Å². The molecule has 4 aromatic rings. The zero-order valence-corrected chi connectivity index (χ0v) is 23.0. The SMILES string of the molecule is CCOCCOCCCCCNC(=O)N[C@@H]1CCCC(n2ccc3cnc(-c4c[nH]c5ncc(F)cc45)nc32)C1. The summed E-state index contributed by atoms with van der Waals surface area (Å²) in [5.41, 5.74) is 2.14. The molecule has 0 aliphatic heterocycles. The van der Waals surface area contributed by atoms with E-state index in [2.05, 4.69) is 30.2 Å². The van der Waals surface area contributed by atoms with Crippen LogP contribution < -0.4 is 10.6 Å². The molecule has 4 heterocycles. The van der Waals surface area contributed by atoms with Crippen LogP contribution >= 0.6 is 0 Å². The molecule has 1 saturated carbocycles. The van der Waals surface area contributed by atoms with Gasteiger partial charge in [0.25, 0.3) is 0 Å².